The summed E-state index contributed by atoms with van der Waals surface area (Å²) in [6.45, 7) is 7.50. The molecule has 12 nitrogen and oxygen atoms in total. The molecule has 13 heteroatoms. The fraction of sp³-hybridized carbons (Fsp3) is 0.645. The standard InChI is InChI=1S/C30H43N5O4.CH4O3S/c1-20-7-9-22(10-8-20)26-6-4-5-24(39-26)17-31-29-21(2)28(32-19-33-29)30(36)35-14-11-23(12-15-35)34-25-13-16-38-18-27(25)37-3;1-5(2,3)4/h7-10,19,23-27,34H,4-6,11-18H2,1-3H3,(H,31,32,33);1H3,(H,2,3,4)/t24-,25-,26+,27+;/m1./s1. The SMILES string of the molecule is CO[C@H]1COCC[C@H]1NC1CCN(C(=O)c2ncnc(NC[C@H]3CCC[C@@H](c4ccc(C)cc4)O3)c2C)CC1.CS(=O)(=O)O. The lowest BCUT2D eigenvalue weighted by Gasteiger charge is -2.38. The summed E-state index contributed by atoms with van der Waals surface area (Å²) >= 11 is 0. The number of hydrogen-bond acceptors (Lipinski definition) is 10. The zero-order valence-corrected chi connectivity index (χ0v) is 27.0. The number of benzene rings is 1. The normalized spacial score (nSPS) is 24.7. The van der Waals surface area contributed by atoms with Crippen LogP contribution in [0.1, 0.15) is 71.8 Å². The van der Waals surface area contributed by atoms with Crippen molar-refractivity contribution in [3.05, 3.63) is 53.0 Å². The molecule has 0 bridgehead atoms. The molecule has 4 atom stereocenters. The monoisotopic (exact) mass is 633 g/mol. The third-order valence-electron chi connectivity index (χ3n) is 8.42. The Bertz CT molecular complexity index is 1310. The summed E-state index contributed by atoms with van der Waals surface area (Å²) in [7, 11) is -1.92. The molecule has 1 aromatic heterocycles. The fourth-order valence-electron chi connectivity index (χ4n) is 5.97. The molecule has 0 spiro atoms. The lowest BCUT2D eigenvalue weighted by molar-refractivity contribution is -0.0533. The van der Waals surface area contributed by atoms with Crippen LogP contribution in [0.3, 0.4) is 0 Å². The van der Waals surface area contributed by atoms with Crippen LogP contribution in [0.5, 0.6) is 0 Å². The minimum Gasteiger partial charge on any atom is -0.379 e. The first-order valence-electron chi connectivity index (χ1n) is 15.4. The molecule has 1 amide bonds. The first-order valence-corrected chi connectivity index (χ1v) is 17.2. The van der Waals surface area contributed by atoms with Crippen LogP contribution < -0.4 is 10.6 Å². The van der Waals surface area contributed by atoms with Gasteiger partial charge in [0.2, 0.25) is 0 Å². The zero-order valence-electron chi connectivity index (χ0n) is 26.2. The van der Waals surface area contributed by atoms with E-state index in [2.05, 4.69) is 51.8 Å². The summed E-state index contributed by atoms with van der Waals surface area (Å²) in [5.41, 5.74) is 3.76. The van der Waals surface area contributed by atoms with Gasteiger partial charge < -0.3 is 29.7 Å². The Labute approximate surface area is 261 Å². The highest BCUT2D eigenvalue weighted by Gasteiger charge is 2.31. The maximum atomic E-state index is 13.4. The van der Waals surface area contributed by atoms with Crippen molar-refractivity contribution in [2.45, 2.75) is 82.8 Å². The van der Waals surface area contributed by atoms with Crippen molar-refractivity contribution in [2.75, 3.05) is 51.5 Å². The lowest BCUT2D eigenvalue weighted by Crippen LogP contribution is -2.54. The third kappa shape index (κ3) is 10.2. The predicted molar refractivity (Wildman–Crippen MR) is 167 cm³/mol. The molecule has 4 heterocycles. The van der Waals surface area contributed by atoms with E-state index >= 15 is 0 Å². The van der Waals surface area contributed by atoms with E-state index in [1.54, 1.807) is 7.11 Å². The number of carbonyl (C=O) groups is 1. The number of hydrogen-bond donors (Lipinski definition) is 3. The van der Waals surface area contributed by atoms with Crippen LogP contribution in [-0.4, -0.2) is 104 Å². The van der Waals surface area contributed by atoms with Crippen LogP contribution in [0, 0.1) is 13.8 Å². The fourth-order valence-corrected chi connectivity index (χ4v) is 5.97. The number of likely N-dealkylation sites (tertiary alicyclic amines) is 1. The second-order valence-corrected chi connectivity index (χ2v) is 13.3. The van der Waals surface area contributed by atoms with Crippen molar-refractivity contribution in [1.29, 1.82) is 0 Å². The Morgan fingerprint density at radius 2 is 1.80 bits per heavy atom. The van der Waals surface area contributed by atoms with E-state index in [-0.39, 0.29) is 24.2 Å². The number of amides is 1. The number of nitrogens with one attached hydrogen (secondary N) is 2. The number of anilines is 1. The minimum absolute atomic E-state index is 0.0226. The van der Waals surface area contributed by atoms with Crippen molar-refractivity contribution in [2.24, 2.45) is 0 Å². The Morgan fingerprint density at radius 1 is 1.09 bits per heavy atom. The summed E-state index contributed by atoms with van der Waals surface area (Å²) in [5.74, 6) is 0.682. The summed E-state index contributed by atoms with van der Waals surface area (Å²) < 4.78 is 43.4. The Balaban J connectivity index is 0.000000818. The Kier molecular flexibility index (Phi) is 12.5. The van der Waals surface area contributed by atoms with E-state index in [1.807, 2.05) is 11.8 Å². The topological polar surface area (TPSA) is 152 Å². The smallest absolute Gasteiger partial charge is 0.272 e. The number of rotatable bonds is 8. The second-order valence-electron chi connectivity index (χ2n) is 11.9. The van der Waals surface area contributed by atoms with Gasteiger partial charge in [-0.25, -0.2) is 9.97 Å². The van der Waals surface area contributed by atoms with Gasteiger partial charge in [0.25, 0.3) is 16.0 Å². The van der Waals surface area contributed by atoms with Crippen molar-refractivity contribution in [1.82, 2.24) is 20.2 Å². The molecular formula is C31H47N5O7S. The van der Waals surface area contributed by atoms with Gasteiger partial charge in [0.15, 0.2) is 0 Å². The third-order valence-corrected chi connectivity index (χ3v) is 8.42. The second kappa shape index (κ2) is 16.1. The number of nitrogens with zero attached hydrogens (tertiary/aromatic N) is 3. The van der Waals surface area contributed by atoms with Crippen LogP contribution >= 0.6 is 0 Å². The summed E-state index contributed by atoms with van der Waals surface area (Å²) in [6, 6.07) is 9.30. The average molecular weight is 634 g/mol. The van der Waals surface area contributed by atoms with Gasteiger partial charge in [0, 0.05) is 51.0 Å². The molecule has 0 unspecified atom stereocenters. The molecule has 1 aromatic carbocycles. The summed E-state index contributed by atoms with van der Waals surface area (Å²) in [5, 5.41) is 7.20. The molecule has 244 valence electrons. The molecule has 3 fully saturated rings. The largest absolute Gasteiger partial charge is 0.379 e. The van der Waals surface area contributed by atoms with E-state index in [0.717, 1.165) is 50.7 Å². The zero-order chi connectivity index (χ0) is 31.7. The van der Waals surface area contributed by atoms with Crippen LogP contribution in [0.2, 0.25) is 0 Å². The molecule has 44 heavy (non-hydrogen) atoms. The molecule has 3 aliphatic heterocycles. The van der Waals surface area contributed by atoms with Crippen molar-refractivity contribution in [3.63, 3.8) is 0 Å². The molecule has 3 N–H and O–H groups in total. The van der Waals surface area contributed by atoms with Gasteiger partial charge in [-0.05, 0) is 57.9 Å². The number of aromatic nitrogens is 2. The van der Waals surface area contributed by atoms with E-state index < -0.39 is 10.1 Å². The number of methoxy groups -OCH3 is 1. The Morgan fingerprint density at radius 3 is 2.48 bits per heavy atom. The molecule has 2 aromatic rings. The lowest BCUT2D eigenvalue weighted by atomic mass is 9.97. The maximum absolute atomic E-state index is 13.4. The molecule has 3 aliphatic rings. The van der Waals surface area contributed by atoms with Crippen molar-refractivity contribution < 1.29 is 32.0 Å². The van der Waals surface area contributed by atoms with Crippen LogP contribution in [-0.2, 0) is 24.3 Å². The van der Waals surface area contributed by atoms with E-state index in [4.69, 9.17) is 18.8 Å². The van der Waals surface area contributed by atoms with Crippen molar-refractivity contribution in [3.8, 4) is 0 Å². The highest BCUT2D eigenvalue weighted by atomic mass is 32.2. The Hall–Kier alpha value is -2.68. The van der Waals surface area contributed by atoms with E-state index in [0.29, 0.717) is 56.1 Å². The average Bonchev–Trinajstić information content (AvgIpc) is 3.00. The molecule has 0 aliphatic carbocycles. The molecule has 0 saturated carbocycles. The van der Waals surface area contributed by atoms with Gasteiger partial charge in [-0.2, -0.15) is 8.42 Å². The summed E-state index contributed by atoms with van der Waals surface area (Å²) in [6.07, 6.45) is 8.46. The van der Waals surface area contributed by atoms with Gasteiger partial charge in [-0.3, -0.25) is 9.35 Å². The van der Waals surface area contributed by atoms with Crippen LogP contribution in [0.4, 0.5) is 5.82 Å². The highest BCUT2D eigenvalue weighted by molar-refractivity contribution is 7.85. The van der Waals surface area contributed by atoms with Gasteiger partial charge in [-0.15, -0.1) is 0 Å². The van der Waals surface area contributed by atoms with E-state index in [1.165, 1.54) is 17.5 Å². The van der Waals surface area contributed by atoms with Crippen LogP contribution in [0.25, 0.3) is 0 Å². The van der Waals surface area contributed by atoms with Gasteiger partial charge in [-0.1, -0.05) is 29.8 Å². The van der Waals surface area contributed by atoms with Gasteiger partial charge in [0.1, 0.15) is 17.8 Å². The van der Waals surface area contributed by atoms with Crippen LogP contribution in [0.15, 0.2) is 30.6 Å². The molecule has 3 saturated heterocycles. The predicted octanol–water partition coefficient (Wildman–Crippen LogP) is 3.32. The minimum atomic E-state index is -3.67. The van der Waals surface area contributed by atoms with Gasteiger partial charge in [0.05, 0.1) is 31.2 Å². The number of carbonyl (C=O) groups excluding carboxylic acids is 1. The number of ether oxygens (including phenoxy) is 3. The number of piperidine rings is 1. The first kappa shape index (κ1) is 34.2. The molecule has 5 rings (SSSR count). The van der Waals surface area contributed by atoms with E-state index in [9.17, 15) is 13.2 Å². The highest BCUT2D eigenvalue weighted by Crippen LogP contribution is 2.31. The first-order chi connectivity index (χ1) is 21.0. The van der Waals surface area contributed by atoms with Gasteiger partial charge >= 0.3 is 0 Å². The maximum Gasteiger partial charge on any atom is 0.272 e. The molecular weight excluding hydrogens is 586 g/mol. The summed E-state index contributed by atoms with van der Waals surface area (Å²) in [4.78, 5) is 24.2. The van der Waals surface area contributed by atoms with Crippen molar-refractivity contribution >= 4 is 21.8 Å². The number of aryl methyl sites for hydroxylation is 1. The molecule has 0 radical (unpaired) electrons. The quantitative estimate of drug-likeness (QED) is 0.367.